The van der Waals surface area contributed by atoms with Crippen molar-refractivity contribution in [1.82, 2.24) is 3.97 Å². The van der Waals surface area contributed by atoms with E-state index >= 15 is 0 Å². The van der Waals surface area contributed by atoms with Crippen molar-refractivity contribution in [2.45, 2.75) is 9.79 Å². The van der Waals surface area contributed by atoms with Crippen LogP contribution in [-0.2, 0) is 19.9 Å². The molecular weight excluding hydrogens is 402 g/mol. The molecule has 0 aliphatic rings. The van der Waals surface area contributed by atoms with Crippen LogP contribution < -0.4 is 0 Å². The Kier molecular flexibility index (Phi) is 3.86. The van der Waals surface area contributed by atoms with Crippen molar-refractivity contribution in [1.29, 1.82) is 0 Å². The van der Waals surface area contributed by atoms with E-state index in [1.807, 2.05) is 0 Å². The Morgan fingerprint density at radius 3 is 2.17 bits per heavy atom. The molecule has 0 N–H and O–H groups in total. The molecule has 0 spiro atoms. The van der Waals surface area contributed by atoms with Crippen molar-refractivity contribution < 1.29 is 16.8 Å². The summed E-state index contributed by atoms with van der Waals surface area (Å²) in [5.74, 6) is 0. The van der Waals surface area contributed by atoms with Gasteiger partial charge in [-0.15, -0.1) is 0 Å². The third-order valence-electron chi connectivity index (χ3n) is 3.40. The van der Waals surface area contributed by atoms with Crippen molar-refractivity contribution in [3.8, 4) is 0 Å². The van der Waals surface area contributed by atoms with Gasteiger partial charge in [0, 0.05) is 11.6 Å². The van der Waals surface area contributed by atoms with E-state index < -0.39 is 19.9 Å². The lowest BCUT2D eigenvalue weighted by Gasteiger charge is -2.09. The zero-order valence-electron chi connectivity index (χ0n) is 12.0. The molecule has 0 saturated carbocycles. The van der Waals surface area contributed by atoms with Gasteiger partial charge in [0.1, 0.15) is 4.60 Å². The number of hydrogen-bond acceptors (Lipinski definition) is 4. The minimum absolute atomic E-state index is 0.0951. The Bertz CT molecular complexity index is 1100. The van der Waals surface area contributed by atoms with Gasteiger partial charge in [-0.1, -0.05) is 24.3 Å². The van der Waals surface area contributed by atoms with E-state index in [0.29, 0.717) is 10.9 Å². The molecule has 8 heteroatoms. The molecule has 0 atom stereocenters. The first-order valence-electron chi connectivity index (χ1n) is 6.53. The summed E-state index contributed by atoms with van der Waals surface area (Å²) >= 11 is 3.23. The highest BCUT2D eigenvalue weighted by Gasteiger charge is 2.24. The molecule has 23 heavy (non-hydrogen) atoms. The summed E-state index contributed by atoms with van der Waals surface area (Å²) in [4.78, 5) is 0.223. The quantitative estimate of drug-likeness (QED) is 0.661. The average Bonchev–Trinajstić information content (AvgIpc) is 2.83. The van der Waals surface area contributed by atoms with Gasteiger partial charge in [-0.05, 0) is 46.3 Å². The number of nitrogens with zero attached hydrogens (tertiary/aromatic N) is 1. The molecule has 0 amide bonds. The minimum atomic E-state index is -3.84. The standard InChI is InChI=1S/C15H12BrNO4S2/c1-22(18,19)14-9-5-8-13-12(14)10-15(16)17(13)23(20,21)11-6-3-2-4-7-11/h2-10H,1H3. The SMILES string of the molecule is CS(=O)(=O)c1cccc2c1cc(Br)n2S(=O)(=O)c1ccccc1. The lowest BCUT2D eigenvalue weighted by Crippen LogP contribution is -2.13. The predicted octanol–water partition coefficient (Wildman–Crippen LogP) is 3.04. The normalized spacial score (nSPS) is 12.6. The molecule has 0 aliphatic heterocycles. The van der Waals surface area contributed by atoms with Gasteiger partial charge < -0.3 is 0 Å². The van der Waals surface area contributed by atoms with Gasteiger partial charge >= 0.3 is 0 Å². The van der Waals surface area contributed by atoms with E-state index in [9.17, 15) is 16.8 Å². The highest BCUT2D eigenvalue weighted by molar-refractivity contribution is 9.10. The van der Waals surface area contributed by atoms with Gasteiger partial charge in [0.25, 0.3) is 10.0 Å². The van der Waals surface area contributed by atoms with Gasteiger partial charge in [-0.25, -0.2) is 20.8 Å². The van der Waals surface area contributed by atoms with Gasteiger partial charge in [0.15, 0.2) is 9.84 Å². The maximum Gasteiger partial charge on any atom is 0.269 e. The smallest absolute Gasteiger partial charge is 0.227 e. The van der Waals surface area contributed by atoms with Crippen LogP contribution in [0.15, 0.2) is 69.0 Å². The highest BCUT2D eigenvalue weighted by Crippen LogP contribution is 2.32. The summed E-state index contributed by atoms with van der Waals surface area (Å²) in [7, 11) is -7.31. The molecule has 0 bridgehead atoms. The Morgan fingerprint density at radius 2 is 1.57 bits per heavy atom. The molecule has 0 unspecified atom stereocenters. The molecule has 1 aromatic heterocycles. The van der Waals surface area contributed by atoms with E-state index in [4.69, 9.17) is 0 Å². The average molecular weight is 414 g/mol. The second kappa shape index (κ2) is 5.47. The van der Waals surface area contributed by atoms with Crippen LogP contribution in [0.25, 0.3) is 10.9 Å². The summed E-state index contributed by atoms with van der Waals surface area (Å²) in [6, 6.07) is 14.1. The molecule has 0 saturated heterocycles. The van der Waals surface area contributed by atoms with E-state index in [1.165, 1.54) is 30.3 Å². The predicted molar refractivity (Wildman–Crippen MR) is 91.8 cm³/mol. The summed E-state index contributed by atoms with van der Waals surface area (Å²) in [5, 5.41) is 0.362. The van der Waals surface area contributed by atoms with Gasteiger partial charge in [-0.3, -0.25) is 0 Å². The van der Waals surface area contributed by atoms with Crippen LogP contribution in [0.3, 0.4) is 0 Å². The molecule has 1 heterocycles. The van der Waals surface area contributed by atoms with Crippen molar-refractivity contribution in [2.24, 2.45) is 0 Å². The molecule has 3 aromatic rings. The van der Waals surface area contributed by atoms with Crippen LogP contribution >= 0.6 is 15.9 Å². The minimum Gasteiger partial charge on any atom is -0.227 e. The van der Waals surface area contributed by atoms with Gasteiger partial charge in [0.05, 0.1) is 15.3 Å². The Balaban J connectivity index is 2.39. The van der Waals surface area contributed by atoms with Crippen LogP contribution in [0.1, 0.15) is 0 Å². The van der Waals surface area contributed by atoms with Crippen molar-refractivity contribution in [3.63, 3.8) is 0 Å². The van der Waals surface area contributed by atoms with Crippen LogP contribution in [-0.4, -0.2) is 27.1 Å². The van der Waals surface area contributed by atoms with E-state index in [1.54, 1.807) is 24.3 Å². The lowest BCUT2D eigenvalue weighted by molar-refractivity contribution is 0.588. The molecule has 0 radical (unpaired) electrons. The fourth-order valence-corrected chi connectivity index (χ4v) is 5.71. The fourth-order valence-electron chi connectivity index (χ4n) is 2.41. The fraction of sp³-hybridized carbons (Fsp3) is 0.0667. The topological polar surface area (TPSA) is 73.2 Å². The van der Waals surface area contributed by atoms with Gasteiger partial charge in [-0.2, -0.15) is 0 Å². The van der Waals surface area contributed by atoms with Gasteiger partial charge in [0.2, 0.25) is 0 Å². The van der Waals surface area contributed by atoms with Crippen molar-refractivity contribution in [2.75, 3.05) is 6.26 Å². The number of hydrogen-bond donors (Lipinski definition) is 0. The lowest BCUT2D eigenvalue weighted by atomic mass is 10.2. The Labute approximate surface area is 142 Å². The van der Waals surface area contributed by atoms with Crippen molar-refractivity contribution >= 4 is 46.7 Å². The number of rotatable bonds is 3. The van der Waals surface area contributed by atoms with E-state index in [2.05, 4.69) is 15.9 Å². The number of benzene rings is 2. The van der Waals surface area contributed by atoms with Crippen LogP contribution in [0.4, 0.5) is 0 Å². The molecule has 120 valence electrons. The molecule has 5 nitrogen and oxygen atoms in total. The highest BCUT2D eigenvalue weighted by atomic mass is 79.9. The molecule has 3 rings (SSSR count). The maximum atomic E-state index is 12.9. The van der Waals surface area contributed by atoms with Crippen LogP contribution in [0, 0.1) is 0 Å². The summed E-state index contributed by atoms with van der Waals surface area (Å²) in [5.41, 5.74) is 0.309. The molecule has 0 aliphatic carbocycles. The summed E-state index contributed by atoms with van der Waals surface area (Å²) < 4.78 is 50.9. The second-order valence-corrected chi connectivity index (χ2v) is 9.59. The molecule has 0 fully saturated rings. The maximum absolute atomic E-state index is 12.9. The Hall–Kier alpha value is -1.64. The molecular formula is C15H12BrNO4S2. The molecule has 2 aromatic carbocycles. The van der Waals surface area contributed by atoms with Crippen molar-refractivity contribution in [3.05, 3.63) is 59.2 Å². The monoisotopic (exact) mass is 413 g/mol. The Morgan fingerprint density at radius 1 is 0.913 bits per heavy atom. The first kappa shape index (κ1) is 16.2. The van der Waals surface area contributed by atoms with E-state index in [-0.39, 0.29) is 14.4 Å². The third kappa shape index (κ3) is 2.71. The number of fused-ring (bicyclic) bond motifs is 1. The largest absolute Gasteiger partial charge is 0.269 e. The zero-order chi connectivity index (χ0) is 16.8. The first-order valence-corrected chi connectivity index (χ1v) is 10.7. The number of halogens is 1. The zero-order valence-corrected chi connectivity index (χ0v) is 15.2. The second-order valence-electron chi connectivity index (χ2n) is 5.01. The van der Waals surface area contributed by atoms with E-state index in [0.717, 1.165) is 10.2 Å². The van der Waals surface area contributed by atoms with Crippen LogP contribution in [0.5, 0.6) is 0 Å². The summed E-state index contributed by atoms with van der Waals surface area (Å²) in [6.45, 7) is 0. The third-order valence-corrected chi connectivity index (χ3v) is 7.12. The first-order chi connectivity index (χ1) is 10.7. The number of sulfone groups is 1. The summed E-state index contributed by atoms with van der Waals surface area (Å²) in [6.07, 6.45) is 1.10. The van der Waals surface area contributed by atoms with Crippen LogP contribution in [0.2, 0.25) is 0 Å². The number of aromatic nitrogens is 1.